The Bertz CT molecular complexity index is 707. The van der Waals surface area contributed by atoms with E-state index in [1.807, 2.05) is 30.3 Å². The van der Waals surface area contributed by atoms with E-state index in [-0.39, 0.29) is 0 Å². The summed E-state index contributed by atoms with van der Waals surface area (Å²) in [4.78, 5) is 0. The van der Waals surface area contributed by atoms with E-state index in [1.54, 1.807) is 6.08 Å². The third kappa shape index (κ3) is 2.16. The van der Waals surface area contributed by atoms with Crippen LogP contribution in [-0.2, 0) is 12.8 Å². The summed E-state index contributed by atoms with van der Waals surface area (Å²) in [6, 6.07) is 16.4. The molecule has 0 radical (unpaired) electrons. The summed E-state index contributed by atoms with van der Waals surface area (Å²) in [5, 5.41) is 9.81. The minimum Gasteiger partial charge on any atom is -0.193 e. The molecule has 0 saturated carbocycles. The molecule has 1 aliphatic rings. The van der Waals surface area contributed by atoms with Gasteiger partial charge in [0, 0.05) is 11.1 Å². The van der Waals surface area contributed by atoms with Crippen molar-refractivity contribution in [1.82, 2.24) is 0 Å². The Kier molecular flexibility index (Phi) is 3.11. The minimum atomic E-state index is 0.751. The van der Waals surface area contributed by atoms with Gasteiger partial charge in [-0.3, -0.25) is 0 Å². The number of halogens is 1. The van der Waals surface area contributed by atoms with Crippen molar-refractivity contribution >= 4 is 17.2 Å². The lowest BCUT2D eigenvalue weighted by atomic mass is 9.94. The molecule has 0 atom stereocenters. The predicted molar refractivity (Wildman–Crippen MR) is 78.0 cm³/mol. The third-order valence-electron chi connectivity index (χ3n) is 3.54. The van der Waals surface area contributed by atoms with Gasteiger partial charge in [-0.15, -0.1) is 0 Å². The second-order valence-corrected chi connectivity index (χ2v) is 5.08. The number of fused-ring (bicyclic) bond motifs is 2. The van der Waals surface area contributed by atoms with Gasteiger partial charge >= 0.3 is 0 Å². The molecule has 0 N–H and O–H groups in total. The Balaban J connectivity index is 2.28. The molecule has 0 unspecified atom stereocenters. The van der Waals surface area contributed by atoms with Crippen LogP contribution in [0, 0.1) is 11.3 Å². The molecule has 0 spiro atoms. The van der Waals surface area contributed by atoms with E-state index < -0.39 is 0 Å². The van der Waals surface area contributed by atoms with E-state index in [2.05, 4.69) is 18.2 Å². The number of allylic oxidation sites excluding steroid dienone is 1. The van der Waals surface area contributed by atoms with Crippen molar-refractivity contribution in [3.8, 4) is 6.07 Å². The largest absolute Gasteiger partial charge is 0.193 e. The van der Waals surface area contributed by atoms with Crippen LogP contribution in [-0.4, -0.2) is 0 Å². The summed E-state index contributed by atoms with van der Waals surface area (Å²) in [5.41, 5.74) is 5.78. The molecule has 0 saturated heterocycles. The first-order valence-electron chi connectivity index (χ1n) is 6.26. The van der Waals surface area contributed by atoms with Gasteiger partial charge < -0.3 is 0 Å². The number of nitrogens with zero attached hydrogens (tertiary/aromatic N) is 1. The molecule has 92 valence electrons. The lowest BCUT2D eigenvalue weighted by Crippen LogP contribution is -1.91. The fourth-order valence-electron chi connectivity index (χ4n) is 2.67. The average molecular weight is 266 g/mol. The van der Waals surface area contributed by atoms with Gasteiger partial charge in [-0.25, -0.2) is 0 Å². The Hall–Kier alpha value is -2.04. The van der Waals surface area contributed by atoms with Gasteiger partial charge in [-0.2, -0.15) is 5.26 Å². The number of aryl methyl sites for hydroxylation is 2. The summed E-state index contributed by atoms with van der Waals surface area (Å²) < 4.78 is 0. The van der Waals surface area contributed by atoms with Gasteiger partial charge in [0.15, 0.2) is 0 Å². The predicted octanol–water partition coefficient (Wildman–Crippen LogP) is 4.39. The van der Waals surface area contributed by atoms with Crippen LogP contribution in [0.15, 0.2) is 48.5 Å². The van der Waals surface area contributed by atoms with Gasteiger partial charge in [-0.1, -0.05) is 41.9 Å². The van der Waals surface area contributed by atoms with Crippen molar-refractivity contribution in [3.05, 3.63) is 75.8 Å². The highest BCUT2D eigenvalue weighted by molar-refractivity contribution is 6.30. The van der Waals surface area contributed by atoms with E-state index in [1.165, 1.54) is 11.1 Å². The molecule has 0 bridgehead atoms. The van der Waals surface area contributed by atoms with Crippen molar-refractivity contribution in [3.63, 3.8) is 0 Å². The quantitative estimate of drug-likeness (QED) is 0.648. The molecule has 0 heterocycles. The minimum absolute atomic E-state index is 0.751. The molecule has 2 aromatic rings. The van der Waals surface area contributed by atoms with Crippen LogP contribution in [0.25, 0.3) is 5.57 Å². The highest BCUT2D eigenvalue weighted by Crippen LogP contribution is 2.34. The van der Waals surface area contributed by atoms with Crippen molar-refractivity contribution in [2.45, 2.75) is 12.8 Å². The van der Waals surface area contributed by atoms with Gasteiger partial charge in [0.25, 0.3) is 0 Å². The maximum absolute atomic E-state index is 9.06. The summed E-state index contributed by atoms with van der Waals surface area (Å²) in [6.07, 6.45) is 3.57. The number of benzene rings is 2. The zero-order valence-electron chi connectivity index (χ0n) is 10.4. The van der Waals surface area contributed by atoms with Crippen LogP contribution in [0.2, 0.25) is 5.02 Å². The monoisotopic (exact) mass is 265 g/mol. The normalized spacial score (nSPS) is 15.3. The molecular formula is C17H12ClN. The van der Waals surface area contributed by atoms with E-state index in [0.29, 0.717) is 0 Å². The van der Waals surface area contributed by atoms with Crippen molar-refractivity contribution in [1.29, 1.82) is 5.26 Å². The van der Waals surface area contributed by atoms with Gasteiger partial charge in [-0.05, 0) is 52.8 Å². The zero-order valence-corrected chi connectivity index (χ0v) is 11.1. The SMILES string of the molecule is N#CC=C1c2ccccc2CCc2cc(Cl)ccc21. The molecular weight excluding hydrogens is 254 g/mol. The van der Waals surface area contributed by atoms with E-state index in [0.717, 1.165) is 34.6 Å². The number of nitriles is 1. The summed E-state index contributed by atoms with van der Waals surface area (Å²) in [7, 11) is 0. The first kappa shape index (κ1) is 12.0. The highest BCUT2D eigenvalue weighted by atomic mass is 35.5. The number of hydrogen-bond donors (Lipinski definition) is 0. The lowest BCUT2D eigenvalue weighted by molar-refractivity contribution is 0.965. The van der Waals surface area contributed by atoms with E-state index >= 15 is 0 Å². The standard InChI is InChI=1S/C17H12ClN/c18-14-7-8-16-13(11-14)6-5-12-3-1-2-4-15(12)17(16)9-10-19/h1-4,7-9,11H,5-6H2. The topological polar surface area (TPSA) is 23.8 Å². The first-order valence-corrected chi connectivity index (χ1v) is 6.64. The second kappa shape index (κ2) is 4.91. The Morgan fingerprint density at radius 3 is 2.58 bits per heavy atom. The molecule has 19 heavy (non-hydrogen) atoms. The van der Waals surface area contributed by atoms with Crippen LogP contribution in [0.1, 0.15) is 22.3 Å². The fourth-order valence-corrected chi connectivity index (χ4v) is 2.86. The molecule has 0 fully saturated rings. The fraction of sp³-hybridized carbons (Fsp3) is 0.118. The van der Waals surface area contributed by atoms with Gasteiger partial charge in [0.2, 0.25) is 0 Å². The van der Waals surface area contributed by atoms with Gasteiger partial charge in [0.05, 0.1) is 6.07 Å². The smallest absolute Gasteiger partial charge is 0.0918 e. The van der Waals surface area contributed by atoms with Crippen LogP contribution >= 0.6 is 11.6 Å². The van der Waals surface area contributed by atoms with Gasteiger partial charge in [0.1, 0.15) is 0 Å². The summed E-state index contributed by atoms with van der Waals surface area (Å²) in [5.74, 6) is 0. The maximum Gasteiger partial charge on any atom is 0.0918 e. The Morgan fingerprint density at radius 1 is 1.00 bits per heavy atom. The molecule has 0 aliphatic heterocycles. The van der Waals surface area contributed by atoms with Crippen LogP contribution in [0.4, 0.5) is 0 Å². The van der Waals surface area contributed by atoms with E-state index in [4.69, 9.17) is 16.9 Å². The molecule has 0 amide bonds. The van der Waals surface area contributed by atoms with Crippen LogP contribution in [0.5, 0.6) is 0 Å². The van der Waals surface area contributed by atoms with E-state index in [9.17, 15) is 0 Å². The maximum atomic E-state index is 9.06. The van der Waals surface area contributed by atoms with Crippen molar-refractivity contribution in [2.75, 3.05) is 0 Å². The van der Waals surface area contributed by atoms with Crippen molar-refractivity contribution in [2.24, 2.45) is 0 Å². The Labute approximate surface area is 117 Å². The zero-order chi connectivity index (χ0) is 13.2. The number of hydrogen-bond acceptors (Lipinski definition) is 1. The van der Waals surface area contributed by atoms with Crippen molar-refractivity contribution < 1.29 is 0 Å². The molecule has 2 aromatic carbocycles. The average Bonchev–Trinajstić information content (AvgIpc) is 2.57. The summed E-state index contributed by atoms with van der Waals surface area (Å²) >= 11 is 6.08. The number of rotatable bonds is 0. The molecule has 1 aliphatic carbocycles. The lowest BCUT2D eigenvalue weighted by Gasteiger charge is -2.10. The van der Waals surface area contributed by atoms with Crippen LogP contribution in [0.3, 0.4) is 0 Å². The molecule has 2 heteroatoms. The molecule has 0 aromatic heterocycles. The molecule has 1 nitrogen and oxygen atoms in total. The van der Waals surface area contributed by atoms with Crippen LogP contribution < -0.4 is 0 Å². The molecule has 3 rings (SSSR count). The summed E-state index contributed by atoms with van der Waals surface area (Å²) in [6.45, 7) is 0. The Morgan fingerprint density at radius 2 is 1.74 bits per heavy atom. The second-order valence-electron chi connectivity index (χ2n) is 4.65. The third-order valence-corrected chi connectivity index (χ3v) is 3.77. The first-order chi connectivity index (χ1) is 9.29. The highest BCUT2D eigenvalue weighted by Gasteiger charge is 2.17.